The first-order valence-corrected chi connectivity index (χ1v) is 13.8. The lowest BCUT2D eigenvalue weighted by Gasteiger charge is -2.35. The van der Waals surface area contributed by atoms with E-state index in [0.717, 1.165) is 47.6 Å². The summed E-state index contributed by atoms with van der Waals surface area (Å²) in [6.07, 6.45) is 2.72. The lowest BCUT2D eigenvalue weighted by Crippen LogP contribution is -2.45. The van der Waals surface area contributed by atoms with Crippen molar-refractivity contribution >= 4 is 17.6 Å². The number of hydrogen-bond donors (Lipinski definition) is 2. The van der Waals surface area contributed by atoms with Gasteiger partial charge in [0.25, 0.3) is 0 Å². The summed E-state index contributed by atoms with van der Waals surface area (Å²) in [4.78, 5) is 24.6. The smallest absolute Gasteiger partial charge is 0.346 e. The molecule has 2 N–H and O–H groups in total. The van der Waals surface area contributed by atoms with Crippen molar-refractivity contribution < 1.29 is 34.0 Å². The van der Waals surface area contributed by atoms with Gasteiger partial charge in [0.1, 0.15) is 17.2 Å². The summed E-state index contributed by atoms with van der Waals surface area (Å²) < 4.78 is 17.5. The number of fused-ring (bicyclic) bond motifs is 1. The third-order valence-corrected chi connectivity index (χ3v) is 6.86. The minimum atomic E-state index is -1.03. The number of ether oxygens (including phenoxy) is 3. The van der Waals surface area contributed by atoms with Gasteiger partial charge in [0, 0.05) is 13.0 Å². The summed E-state index contributed by atoms with van der Waals surface area (Å²) in [5.41, 5.74) is 4.10. The highest BCUT2D eigenvalue weighted by atomic mass is 16.5. The summed E-state index contributed by atoms with van der Waals surface area (Å²) in [5, 5.41) is 18.6. The summed E-state index contributed by atoms with van der Waals surface area (Å²) >= 11 is 0. The van der Waals surface area contributed by atoms with Crippen LogP contribution in [0.1, 0.15) is 42.4 Å². The van der Waals surface area contributed by atoms with Crippen LogP contribution in [0.25, 0.3) is 0 Å². The molecule has 1 unspecified atom stereocenters. The van der Waals surface area contributed by atoms with Crippen LogP contribution in [0.2, 0.25) is 0 Å². The van der Waals surface area contributed by atoms with Crippen molar-refractivity contribution in [3.63, 3.8) is 0 Å². The molecule has 0 saturated carbocycles. The molecule has 212 valence electrons. The van der Waals surface area contributed by atoms with Crippen LogP contribution in [0.5, 0.6) is 17.2 Å². The number of carboxylic acid groups (broad SMARTS) is 2. The highest BCUT2D eigenvalue weighted by Crippen LogP contribution is 2.37. The van der Waals surface area contributed by atoms with Crippen molar-refractivity contribution in [2.24, 2.45) is 0 Å². The van der Waals surface area contributed by atoms with Crippen molar-refractivity contribution in [3.05, 3.63) is 83.4 Å². The number of hydrogen-bond acceptors (Lipinski definition) is 6. The minimum Gasteiger partial charge on any atom is -0.494 e. The van der Waals surface area contributed by atoms with E-state index in [1.54, 1.807) is 0 Å². The van der Waals surface area contributed by atoms with Gasteiger partial charge in [0.05, 0.1) is 25.4 Å². The lowest BCUT2D eigenvalue weighted by atomic mass is 10.0. The molecular weight excluding hydrogens is 510 g/mol. The fraction of sp³-hybridized carbons (Fsp3) is 0.375. The van der Waals surface area contributed by atoms with Gasteiger partial charge in [0.2, 0.25) is 6.10 Å². The first kappa shape index (κ1) is 28.8. The van der Waals surface area contributed by atoms with E-state index in [4.69, 9.17) is 19.3 Å². The number of aryl methyl sites for hydroxylation is 3. The van der Waals surface area contributed by atoms with Crippen LogP contribution >= 0.6 is 0 Å². The van der Waals surface area contributed by atoms with E-state index in [1.807, 2.05) is 71.6 Å². The highest BCUT2D eigenvalue weighted by molar-refractivity contribution is 5.77. The highest BCUT2D eigenvalue weighted by Gasteiger charge is 2.31. The number of nitrogens with zero attached hydrogens (tertiary/aromatic N) is 1. The van der Waals surface area contributed by atoms with Gasteiger partial charge in [0.15, 0.2) is 0 Å². The van der Waals surface area contributed by atoms with Gasteiger partial charge in [-0.1, -0.05) is 42.0 Å². The molecule has 1 aliphatic rings. The van der Waals surface area contributed by atoms with E-state index >= 15 is 0 Å². The zero-order valence-corrected chi connectivity index (χ0v) is 22.9. The van der Waals surface area contributed by atoms with Gasteiger partial charge in [-0.25, -0.2) is 4.79 Å². The molecule has 0 radical (unpaired) electrons. The van der Waals surface area contributed by atoms with Gasteiger partial charge in [-0.3, -0.25) is 4.79 Å². The second-order valence-corrected chi connectivity index (χ2v) is 10.0. The molecule has 3 aromatic carbocycles. The zero-order chi connectivity index (χ0) is 28.3. The fourth-order valence-corrected chi connectivity index (χ4v) is 4.64. The van der Waals surface area contributed by atoms with Crippen molar-refractivity contribution in [2.75, 3.05) is 31.2 Å². The van der Waals surface area contributed by atoms with Gasteiger partial charge in [-0.15, -0.1) is 0 Å². The van der Waals surface area contributed by atoms with Crippen molar-refractivity contribution in [1.29, 1.82) is 0 Å². The van der Waals surface area contributed by atoms with E-state index in [1.165, 1.54) is 5.56 Å². The van der Waals surface area contributed by atoms with Crippen molar-refractivity contribution in [2.45, 2.75) is 51.6 Å². The molecule has 0 spiro atoms. The van der Waals surface area contributed by atoms with Gasteiger partial charge < -0.3 is 29.3 Å². The maximum atomic E-state index is 11.7. The van der Waals surface area contributed by atoms with Crippen molar-refractivity contribution in [1.82, 2.24) is 0 Å². The van der Waals surface area contributed by atoms with E-state index in [0.29, 0.717) is 38.3 Å². The average Bonchev–Trinajstić information content (AvgIpc) is 2.95. The Bertz CT molecular complexity index is 1260. The second-order valence-electron chi connectivity index (χ2n) is 10.0. The van der Waals surface area contributed by atoms with E-state index in [-0.39, 0.29) is 13.0 Å². The van der Waals surface area contributed by atoms with Crippen LogP contribution in [0.15, 0.2) is 66.7 Å². The molecule has 0 saturated heterocycles. The van der Waals surface area contributed by atoms with Crippen LogP contribution in [-0.2, 0) is 22.4 Å². The Morgan fingerprint density at radius 1 is 0.875 bits per heavy atom. The Morgan fingerprint density at radius 2 is 1.52 bits per heavy atom. The first-order chi connectivity index (χ1) is 19.4. The number of benzene rings is 3. The summed E-state index contributed by atoms with van der Waals surface area (Å²) in [6, 6.07) is 21.9. The predicted octanol–water partition coefficient (Wildman–Crippen LogP) is 5.54. The average molecular weight is 548 g/mol. The molecule has 8 heteroatoms. The van der Waals surface area contributed by atoms with Crippen LogP contribution in [0.3, 0.4) is 0 Å². The molecule has 0 aliphatic carbocycles. The third kappa shape index (κ3) is 8.40. The van der Waals surface area contributed by atoms with Gasteiger partial charge in [-0.05, 0) is 80.5 Å². The SMILES string of the molecule is Cc1ccc(OCCCCOc2ccc(CCc3cccc4c3OC(C(=O)O)CN4CCCC(=O)O)cc2)cc1. The maximum absolute atomic E-state index is 11.7. The molecule has 1 aliphatic heterocycles. The zero-order valence-electron chi connectivity index (χ0n) is 22.9. The predicted molar refractivity (Wildman–Crippen MR) is 153 cm³/mol. The standard InChI is InChI=1S/C32H37NO7/c1-23-9-15-26(16-10-23)38-20-2-3-21-39-27-17-12-24(13-18-27)11-14-25-6-4-7-28-31(25)40-29(32(36)37)22-33(28)19-5-8-30(34)35/h4,6-7,9-10,12-13,15-18,29H,2-3,5,8,11,14,19-22H2,1H3,(H,34,35)(H,36,37). The normalized spacial score (nSPS) is 14.2. The largest absolute Gasteiger partial charge is 0.494 e. The minimum absolute atomic E-state index is 0.0340. The molecular formula is C32H37NO7. The van der Waals surface area contributed by atoms with Crippen LogP contribution < -0.4 is 19.1 Å². The summed E-state index contributed by atoms with van der Waals surface area (Å²) in [5.74, 6) is 0.391. The number of anilines is 1. The van der Waals surface area contributed by atoms with Crippen LogP contribution in [0, 0.1) is 6.92 Å². The van der Waals surface area contributed by atoms with E-state index < -0.39 is 18.0 Å². The Kier molecular flexibility index (Phi) is 10.3. The Labute approximate surface area is 235 Å². The number of aliphatic carboxylic acids is 2. The Morgan fingerprint density at radius 3 is 2.15 bits per heavy atom. The molecule has 40 heavy (non-hydrogen) atoms. The van der Waals surface area contributed by atoms with Crippen LogP contribution in [-0.4, -0.2) is 54.6 Å². The number of carbonyl (C=O) groups is 2. The van der Waals surface area contributed by atoms with E-state index in [9.17, 15) is 14.7 Å². The molecule has 0 bridgehead atoms. The Balaban J connectivity index is 1.26. The monoisotopic (exact) mass is 547 g/mol. The summed E-state index contributed by atoms with van der Waals surface area (Å²) in [6.45, 7) is 3.98. The fourth-order valence-electron chi connectivity index (χ4n) is 4.64. The molecule has 0 fully saturated rings. The lowest BCUT2D eigenvalue weighted by molar-refractivity contribution is -0.145. The molecule has 0 aromatic heterocycles. The second kappa shape index (κ2) is 14.3. The quantitative estimate of drug-likeness (QED) is 0.239. The van der Waals surface area contributed by atoms with Crippen molar-refractivity contribution in [3.8, 4) is 17.2 Å². The number of unbranched alkanes of at least 4 members (excludes halogenated alkanes) is 1. The number of rotatable bonds is 15. The maximum Gasteiger partial charge on any atom is 0.346 e. The van der Waals surface area contributed by atoms with Gasteiger partial charge in [-0.2, -0.15) is 0 Å². The summed E-state index contributed by atoms with van der Waals surface area (Å²) in [7, 11) is 0. The van der Waals surface area contributed by atoms with Crippen LogP contribution in [0.4, 0.5) is 5.69 Å². The number of para-hydroxylation sites is 1. The topological polar surface area (TPSA) is 106 Å². The molecule has 1 heterocycles. The Hall–Kier alpha value is -4.20. The molecule has 4 rings (SSSR count). The van der Waals surface area contributed by atoms with Gasteiger partial charge >= 0.3 is 11.9 Å². The molecule has 0 amide bonds. The first-order valence-electron chi connectivity index (χ1n) is 13.8. The number of carboxylic acids is 2. The third-order valence-electron chi connectivity index (χ3n) is 6.86. The molecule has 1 atom stereocenters. The molecule has 8 nitrogen and oxygen atoms in total. The molecule has 3 aromatic rings. The van der Waals surface area contributed by atoms with E-state index in [2.05, 4.69) is 6.92 Å².